The molecule has 0 bridgehead atoms. The number of nitrogens with two attached hydrogens (primary N) is 1. The molecular formula is C9H14N4O3S. The van der Waals surface area contributed by atoms with Crippen LogP contribution in [0.3, 0.4) is 0 Å². The van der Waals surface area contributed by atoms with Crippen LogP contribution in [-0.2, 0) is 10.2 Å². The van der Waals surface area contributed by atoms with E-state index in [1.165, 1.54) is 7.05 Å². The Balaban J connectivity index is 2.88. The first-order valence-electron chi connectivity index (χ1n) is 4.70. The Morgan fingerprint density at radius 2 is 2.12 bits per heavy atom. The van der Waals surface area contributed by atoms with E-state index in [1.54, 1.807) is 24.3 Å². The van der Waals surface area contributed by atoms with Crippen LogP contribution in [0.2, 0.25) is 0 Å². The average molecular weight is 258 g/mol. The van der Waals surface area contributed by atoms with Crippen LogP contribution in [0.15, 0.2) is 24.3 Å². The minimum atomic E-state index is -3.60. The van der Waals surface area contributed by atoms with E-state index >= 15 is 0 Å². The average Bonchev–Trinajstić information content (AvgIpc) is 2.27. The topological polar surface area (TPSA) is 117 Å². The summed E-state index contributed by atoms with van der Waals surface area (Å²) in [6.07, 6.45) is 0. The quantitative estimate of drug-likeness (QED) is 0.420. The van der Waals surface area contributed by atoms with Crippen LogP contribution in [0.25, 0.3) is 0 Å². The molecule has 94 valence electrons. The molecule has 8 heteroatoms. The number of ether oxygens (including phenoxy) is 1. The molecular weight excluding hydrogens is 244 g/mol. The Morgan fingerprint density at radius 3 is 2.71 bits per heavy atom. The second kappa shape index (κ2) is 5.51. The summed E-state index contributed by atoms with van der Waals surface area (Å²) in [7, 11) is -2.31. The van der Waals surface area contributed by atoms with E-state index in [0.29, 0.717) is 5.75 Å². The molecule has 5 N–H and O–H groups in total. The van der Waals surface area contributed by atoms with Crippen LogP contribution in [0.5, 0.6) is 5.75 Å². The van der Waals surface area contributed by atoms with Gasteiger partial charge in [0.25, 0.3) is 10.2 Å². The molecule has 1 aromatic rings. The van der Waals surface area contributed by atoms with E-state index < -0.39 is 10.2 Å². The van der Waals surface area contributed by atoms with Gasteiger partial charge in [0.15, 0.2) is 0 Å². The Morgan fingerprint density at radius 1 is 1.47 bits per heavy atom. The predicted octanol–water partition coefficient (Wildman–Crippen LogP) is -0.123. The Bertz CT molecular complexity index is 501. The van der Waals surface area contributed by atoms with Crippen LogP contribution in [0.4, 0.5) is 5.69 Å². The fourth-order valence-corrected chi connectivity index (χ4v) is 1.59. The highest BCUT2D eigenvalue weighted by molar-refractivity contribution is 7.90. The summed E-state index contributed by atoms with van der Waals surface area (Å²) in [5, 5.41) is 7.03. The first-order chi connectivity index (χ1) is 7.94. The third kappa shape index (κ3) is 4.29. The maximum atomic E-state index is 11.3. The van der Waals surface area contributed by atoms with Crippen molar-refractivity contribution in [2.24, 2.45) is 5.73 Å². The summed E-state index contributed by atoms with van der Waals surface area (Å²) in [6.45, 7) is -0.0989. The summed E-state index contributed by atoms with van der Waals surface area (Å²) in [5.41, 5.74) is 5.43. The minimum Gasteiger partial charge on any atom is -0.484 e. The molecule has 0 saturated carbocycles. The zero-order valence-electron chi connectivity index (χ0n) is 9.23. The summed E-state index contributed by atoms with van der Waals surface area (Å²) >= 11 is 0. The monoisotopic (exact) mass is 258 g/mol. The summed E-state index contributed by atoms with van der Waals surface area (Å²) in [4.78, 5) is 0. The van der Waals surface area contributed by atoms with Gasteiger partial charge in [-0.1, -0.05) is 12.1 Å². The van der Waals surface area contributed by atoms with Gasteiger partial charge < -0.3 is 10.5 Å². The van der Waals surface area contributed by atoms with Crippen LogP contribution >= 0.6 is 0 Å². The number of anilines is 1. The molecule has 0 radical (unpaired) electrons. The van der Waals surface area contributed by atoms with Crippen LogP contribution in [-0.4, -0.2) is 27.9 Å². The minimum absolute atomic E-state index is 0.0989. The van der Waals surface area contributed by atoms with Gasteiger partial charge in [-0.15, -0.1) is 0 Å². The van der Waals surface area contributed by atoms with E-state index in [1.807, 2.05) is 0 Å². The van der Waals surface area contributed by atoms with Gasteiger partial charge in [0, 0.05) is 7.05 Å². The van der Waals surface area contributed by atoms with Crippen molar-refractivity contribution in [1.82, 2.24) is 4.72 Å². The number of benzene rings is 1. The Kier molecular flexibility index (Phi) is 4.30. The van der Waals surface area contributed by atoms with Crippen molar-refractivity contribution >= 4 is 21.7 Å². The van der Waals surface area contributed by atoms with E-state index in [-0.39, 0.29) is 18.1 Å². The van der Waals surface area contributed by atoms with Crippen molar-refractivity contribution < 1.29 is 13.2 Å². The lowest BCUT2D eigenvalue weighted by Gasteiger charge is -2.12. The predicted molar refractivity (Wildman–Crippen MR) is 65.5 cm³/mol. The molecule has 17 heavy (non-hydrogen) atoms. The summed E-state index contributed by atoms with van der Waals surface area (Å²) in [6, 6.07) is 6.47. The SMILES string of the molecule is CNS(=O)(=O)Nc1ccccc1OCC(=N)N. The van der Waals surface area contributed by atoms with Crippen molar-refractivity contribution in [3.63, 3.8) is 0 Å². The van der Waals surface area contributed by atoms with Gasteiger partial charge >= 0.3 is 0 Å². The third-order valence-corrected chi connectivity index (χ3v) is 2.81. The summed E-state index contributed by atoms with van der Waals surface area (Å²) < 4.78 is 32.2. The van der Waals surface area contributed by atoms with Gasteiger partial charge in [-0.2, -0.15) is 8.42 Å². The number of rotatable bonds is 6. The van der Waals surface area contributed by atoms with Crippen molar-refractivity contribution in [3.05, 3.63) is 24.3 Å². The molecule has 0 atom stereocenters. The zero-order valence-corrected chi connectivity index (χ0v) is 10.0. The number of amidine groups is 1. The summed E-state index contributed by atoms with van der Waals surface area (Å²) in [5.74, 6) is 0.165. The second-order valence-corrected chi connectivity index (χ2v) is 4.74. The van der Waals surface area contributed by atoms with Crippen molar-refractivity contribution in [3.8, 4) is 5.75 Å². The maximum Gasteiger partial charge on any atom is 0.298 e. The zero-order chi connectivity index (χ0) is 12.9. The molecule has 7 nitrogen and oxygen atoms in total. The Hall–Kier alpha value is -1.80. The lowest BCUT2D eigenvalue weighted by atomic mass is 10.3. The van der Waals surface area contributed by atoms with Gasteiger partial charge in [-0.05, 0) is 12.1 Å². The molecule has 1 aromatic carbocycles. The van der Waals surface area contributed by atoms with Gasteiger partial charge in [0.2, 0.25) is 0 Å². The molecule has 1 rings (SSSR count). The molecule has 0 spiro atoms. The Labute approximate surface area is 99.7 Å². The first kappa shape index (κ1) is 13.3. The highest BCUT2D eigenvalue weighted by Crippen LogP contribution is 2.24. The van der Waals surface area contributed by atoms with Crippen LogP contribution in [0.1, 0.15) is 0 Å². The standard InChI is InChI=1S/C9H14N4O3S/c1-12-17(14,15)13-7-4-2-3-5-8(7)16-6-9(10)11/h2-5,12-13H,6H2,1H3,(H3,10,11). The molecule has 0 saturated heterocycles. The van der Waals surface area contributed by atoms with E-state index in [9.17, 15) is 8.42 Å². The van der Waals surface area contributed by atoms with E-state index in [2.05, 4.69) is 9.44 Å². The first-order valence-corrected chi connectivity index (χ1v) is 6.19. The fourth-order valence-electron chi connectivity index (χ4n) is 1.03. The van der Waals surface area contributed by atoms with Gasteiger partial charge in [0.1, 0.15) is 18.2 Å². The highest BCUT2D eigenvalue weighted by Gasteiger charge is 2.10. The van der Waals surface area contributed by atoms with Gasteiger partial charge in [-0.3, -0.25) is 10.1 Å². The van der Waals surface area contributed by atoms with Gasteiger partial charge in [-0.25, -0.2) is 4.72 Å². The third-order valence-electron chi connectivity index (χ3n) is 1.78. The van der Waals surface area contributed by atoms with Crippen molar-refractivity contribution in [2.75, 3.05) is 18.4 Å². The van der Waals surface area contributed by atoms with Gasteiger partial charge in [0.05, 0.1) is 5.69 Å². The molecule has 0 aliphatic rings. The van der Waals surface area contributed by atoms with Crippen LogP contribution in [0, 0.1) is 5.41 Å². The largest absolute Gasteiger partial charge is 0.484 e. The van der Waals surface area contributed by atoms with Crippen molar-refractivity contribution in [1.29, 1.82) is 5.41 Å². The highest BCUT2D eigenvalue weighted by atomic mass is 32.2. The lowest BCUT2D eigenvalue weighted by Crippen LogP contribution is -2.27. The number of hydrogen-bond acceptors (Lipinski definition) is 4. The lowest BCUT2D eigenvalue weighted by molar-refractivity contribution is 0.376. The molecule has 0 aliphatic carbocycles. The molecule has 0 amide bonds. The van der Waals surface area contributed by atoms with Crippen molar-refractivity contribution in [2.45, 2.75) is 0 Å². The maximum absolute atomic E-state index is 11.3. The normalized spacial score (nSPS) is 10.9. The molecule has 0 heterocycles. The van der Waals surface area contributed by atoms with E-state index in [4.69, 9.17) is 15.9 Å². The van der Waals surface area contributed by atoms with Crippen LogP contribution < -0.4 is 19.9 Å². The molecule has 0 aliphatic heterocycles. The number of para-hydroxylation sites is 2. The smallest absolute Gasteiger partial charge is 0.298 e. The number of nitrogens with one attached hydrogen (secondary N) is 3. The van der Waals surface area contributed by atoms with E-state index in [0.717, 1.165) is 0 Å². The molecule has 0 unspecified atom stereocenters. The second-order valence-electron chi connectivity index (χ2n) is 3.12. The fraction of sp³-hybridized carbons (Fsp3) is 0.222. The molecule has 0 aromatic heterocycles. The number of hydrogen-bond donors (Lipinski definition) is 4. The molecule has 0 fully saturated rings.